The zero-order valence-corrected chi connectivity index (χ0v) is 12.6. The summed E-state index contributed by atoms with van der Waals surface area (Å²) in [5.74, 6) is 1.63. The number of hydrogen-bond acceptors (Lipinski definition) is 4. The Bertz CT molecular complexity index is 536. The largest absolute Gasteiger partial charge is 0.492 e. The minimum Gasteiger partial charge on any atom is -0.492 e. The monoisotopic (exact) mass is 324 g/mol. The first-order valence-electron chi connectivity index (χ1n) is 6.15. The fourth-order valence-corrected chi connectivity index (χ4v) is 2.14. The lowest BCUT2D eigenvalue weighted by Gasteiger charge is -2.10. The van der Waals surface area contributed by atoms with Gasteiger partial charge in [0.1, 0.15) is 12.4 Å². The standard InChI is InChI=1S/C13H17BrN4O/c1-9(2)12-13(15)16-17-18(12)7-8-19-11-5-3-10(14)4-6-11/h3-6,9H,7-8,15H2,1-2H3. The number of hydrogen-bond donors (Lipinski definition) is 1. The van der Waals surface area contributed by atoms with Crippen molar-refractivity contribution in [3.63, 3.8) is 0 Å². The lowest BCUT2D eigenvalue weighted by molar-refractivity contribution is 0.286. The van der Waals surface area contributed by atoms with Gasteiger partial charge >= 0.3 is 0 Å². The molecule has 0 saturated heterocycles. The molecule has 2 N–H and O–H groups in total. The minimum absolute atomic E-state index is 0.294. The molecular formula is C13H17BrN4O. The number of nitrogens with zero attached hydrogens (tertiary/aromatic N) is 3. The van der Waals surface area contributed by atoms with Gasteiger partial charge < -0.3 is 10.5 Å². The highest BCUT2D eigenvalue weighted by Crippen LogP contribution is 2.19. The molecule has 0 spiro atoms. The molecule has 19 heavy (non-hydrogen) atoms. The van der Waals surface area contributed by atoms with Crippen LogP contribution in [0.5, 0.6) is 5.75 Å². The summed E-state index contributed by atoms with van der Waals surface area (Å²) >= 11 is 3.39. The second kappa shape index (κ2) is 6.06. The fraction of sp³-hybridized carbons (Fsp3) is 0.385. The molecule has 0 aliphatic heterocycles. The van der Waals surface area contributed by atoms with Crippen LogP contribution < -0.4 is 10.5 Å². The molecule has 6 heteroatoms. The number of nitrogen functional groups attached to an aromatic ring is 1. The molecule has 1 heterocycles. The highest BCUT2D eigenvalue weighted by Gasteiger charge is 2.13. The number of nitrogens with two attached hydrogens (primary N) is 1. The summed E-state index contributed by atoms with van der Waals surface area (Å²) in [6.07, 6.45) is 0. The lowest BCUT2D eigenvalue weighted by Crippen LogP contribution is -2.13. The summed E-state index contributed by atoms with van der Waals surface area (Å²) in [6, 6.07) is 7.73. The van der Waals surface area contributed by atoms with E-state index >= 15 is 0 Å². The number of benzene rings is 1. The maximum absolute atomic E-state index is 5.80. The van der Waals surface area contributed by atoms with Gasteiger partial charge in [0.05, 0.1) is 12.2 Å². The van der Waals surface area contributed by atoms with E-state index in [2.05, 4.69) is 40.1 Å². The molecule has 0 aliphatic carbocycles. The molecule has 0 aliphatic rings. The van der Waals surface area contributed by atoms with Gasteiger partial charge in [0, 0.05) is 4.47 Å². The minimum atomic E-state index is 0.294. The van der Waals surface area contributed by atoms with Crippen LogP contribution in [0.1, 0.15) is 25.5 Å². The molecule has 0 radical (unpaired) electrons. The van der Waals surface area contributed by atoms with Gasteiger partial charge in [-0.15, -0.1) is 5.10 Å². The Kier molecular flexibility index (Phi) is 4.42. The van der Waals surface area contributed by atoms with E-state index in [9.17, 15) is 0 Å². The molecule has 2 aromatic rings. The van der Waals surface area contributed by atoms with Crippen LogP contribution in [0, 0.1) is 0 Å². The average Bonchev–Trinajstić information content (AvgIpc) is 2.73. The average molecular weight is 325 g/mol. The van der Waals surface area contributed by atoms with Crippen LogP contribution in [0.2, 0.25) is 0 Å². The van der Waals surface area contributed by atoms with Crippen molar-refractivity contribution in [2.45, 2.75) is 26.3 Å². The van der Waals surface area contributed by atoms with E-state index in [1.54, 1.807) is 4.68 Å². The normalized spacial score (nSPS) is 10.9. The first kappa shape index (κ1) is 13.9. The summed E-state index contributed by atoms with van der Waals surface area (Å²) in [4.78, 5) is 0. The van der Waals surface area contributed by atoms with Crippen molar-refractivity contribution >= 4 is 21.7 Å². The van der Waals surface area contributed by atoms with Gasteiger partial charge in [0.25, 0.3) is 0 Å². The summed E-state index contributed by atoms with van der Waals surface area (Å²) in [7, 11) is 0. The predicted molar refractivity (Wildman–Crippen MR) is 78.2 cm³/mol. The molecule has 1 aromatic carbocycles. The van der Waals surface area contributed by atoms with Crippen LogP contribution in [0.3, 0.4) is 0 Å². The van der Waals surface area contributed by atoms with Crippen LogP contribution in [0.25, 0.3) is 0 Å². The van der Waals surface area contributed by atoms with Crippen LogP contribution in [-0.4, -0.2) is 21.6 Å². The quantitative estimate of drug-likeness (QED) is 0.918. The van der Waals surface area contributed by atoms with Gasteiger partial charge in [-0.3, -0.25) is 0 Å². The van der Waals surface area contributed by atoms with Crippen LogP contribution in [-0.2, 0) is 6.54 Å². The molecule has 0 unspecified atom stereocenters. The Morgan fingerprint density at radius 2 is 2.00 bits per heavy atom. The number of ether oxygens (including phenoxy) is 1. The first-order valence-corrected chi connectivity index (χ1v) is 6.94. The lowest BCUT2D eigenvalue weighted by atomic mass is 10.1. The summed E-state index contributed by atoms with van der Waals surface area (Å²) in [6.45, 7) is 5.31. The van der Waals surface area contributed by atoms with E-state index in [1.165, 1.54) is 0 Å². The molecule has 0 saturated carbocycles. The molecule has 0 amide bonds. The van der Waals surface area contributed by atoms with Crippen molar-refractivity contribution < 1.29 is 4.74 Å². The van der Waals surface area contributed by atoms with Crippen molar-refractivity contribution in [2.24, 2.45) is 0 Å². The molecule has 0 fully saturated rings. The van der Waals surface area contributed by atoms with Crippen molar-refractivity contribution in [1.82, 2.24) is 15.0 Å². The van der Waals surface area contributed by atoms with E-state index in [0.717, 1.165) is 15.9 Å². The van der Waals surface area contributed by atoms with Crippen LogP contribution in [0.4, 0.5) is 5.82 Å². The fourth-order valence-electron chi connectivity index (χ4n) is 1.87. The highest BCUT2D eigenvalue weighted by molar-refractivity contribution is 9.10. The van der Waals surface area contributed by atoms with Gasteiger partial charge in [-0.1, -0.05) is 35.0 Å². The second-order valence-corrected chi connectivity index (χ2v) is 5.46. The smallest absolute Gasteiger partial charge is 0.169 e. The molecular weight excluding hydrogens is 308 g/mol. The predicted octanol–water partition coefficient (Wildman–Crippen LogP) is 2.83. The molecule has 1 aromatic heterocycles. The van der Waals surface area contributed by atoms with Crippen LogP contribution >= 0.6 is 15.9 Å². The molecule has 102 valence electrons. The van der Waals surface area contributed by atoms with Gasteiger partial charge in [-0.05, 0) is 30.2 Å². The van der Waals surface area contributed by atoms with Gasteiger partial charge in [-0.25, -0.2) is 4.68 Å². The zero-order valence-electron chi connectivity index (χ0n) is 11.0. The third-order valence-corrected chi connectivity index (χ3v) is 3.26. The Labute approximate surface area is 120 Å². The maximum Gasteiger partial charge on any atom is 0.169 e. The first-order chi connectivity index (χ1) is 9.08. The summed E-state index contributed by atoms with van der Waals surface area (Å²) in [5.41, 5.74) is 6.76. The second-order valence-electron chi connectivity index (χ2n) is 4.54. The third-order valence-electron chi connectivity index (χ3n) is 2.73. The highest BCUT2D eigenvalue weighted by atomic mass is 79.9. The van der Waals surface area contributed by atoms with E-state index in [4.69, 9.17) is 10.5 Å². The Morgan fingerprint density at radius 3 is 2.63 bits per heavy atom. The van der Waals surface area contributed by atoms with Gasteiger partial charge in [-0.2, -0.15) is 0 Å². The number of aromatic nitrogens is 3. The Morgan fingerprint density at radius 1 is 1.32 bits per heavy atom. The number of halogens is 1. The molecule has 0 atom stereocenters. The SMILES string of the molecule is CC(C)c1c(N)nnn1CCOc1ccc(Br)cc1. The Balaban J connectivity index is 1.94. The van der Waals surface area contributed by atoms with Crippen LogP contribution in [0.15, 0.2) is 28.7 Å². The maximum atomic E-state index is 5.80. The number of anilines is 1. The van der Waals surface area contributed by atoms with E-state index < -0.39 is 0 Å². The van der Waals surface area contributed by atoms with Gasteiger partial charge in [0.15, 0.2) is 5.82 Å². The van der Waals surface area contributed by atoms with Crippen molar-refractivity contribution in [2.75, 3.05) is 12.3 Å². The van der Waals surface area contributed by atoms with E-state index in [0.29, 0.717) is 24.9 Å². The summed E-state index contributed by atoms with van der Waals surface area (Å²) in [5, 5.41) is 7.94. The van der Waals surface area contributed by atoms with Crippen molar-refractivity contribution in [3.05, 3.63) is 34.4 Å². The third kappa shape index (κ3) is 3.47. The van der Waals surface area contributed by atoms with Crippen molar-refractivity contribution in [1.29, 1.82) is 0 Å². The van der Waals surface area contributed by atoms with E-state index in [-0.39, 0.29) is 0 Å². The molecule has 0 bridgehead atoms. The van der Waals surface area contributed by atoms with Gasteiger partial charge in [0.2, 0.25) is 0 Å². The Hall–Kier alpha value is -1.56. The van der Waals surface area contributed by atoms with E-state index in [1.807, 2.05) is 24.3 Å². The molecule has 5 nitrogen and oxygen atoms in total. The zero-order chi connectivity index (χ0) is 13.8. The topological polar surface area (TPSA) is 66.0 Å². The number of rotatable bonds is 5. The molecule has 2 rings (SSSR count). The van der Waals surface area contributed by atoms with Crippen molar-refractivity contribution in [3.8, 4) is 5.75 Å². The summed E-state index contributed by atoms with van der Waals surface area (Å²) < 4.78 is 8.50.